The average Bonchev–Trinajstić information content (AvgIpc) is 2.74. The molecule has 3 aromatic rings. The van der Waals surface area contributed by atoms with E-state index in [1.54, 1.807) is 31.5 Å². The van der Waals surface area contributed by atoms with E-state index in [2.05, 4.69) is 38.4 Å². The summed E-state index contributed by atoms with van der Waals surface area (Å²) in [6.07, 6.45) is 2.57. The fraction of sp³-hybridized carbons (Fsp3) is 0.190. The van der Waals surface area contributed by atoms with Crippen LogP contribution in [0.15, 0.2) is 60.8 Å². The minimum atomic E-state index is -0.291. The van der Waals surface area contributed by atoms with E-state index in [4.69, 9.17) is 4.74 Å². The van der Waals surface area contributed by atoms with Gasteiger partial charge in [0, 0.05) is 19.3 Å². The van der Waals surface area contributed by atoms with E-state index in [1.165, 1.54) is 11.1 Å². The van der Waals surface area contributed by atoms with Gasteiger partial charge in [0.05, 0.1) is 12.8 Å². The smallest absolute Gasteiger partial charge is 0.274 e. The molecule has 136 valence electrons. The Labute approximate surface area is 157 Å². The standard InChI is InChI=1S/C21H20N4O2/c1-27-19-9-5-4-8-17(19)23-20(26)18-10-12-22-21(24-18)25-13-11-15-6-2-3-7-16(15)14-25/h2-10,12H,11,13-14H2,1H3,(H,23,26). The number of fused-ring (bicyclic) bond motifs is 1. The summed E-state index contributed by atoms with van der Waals surface area (Å²) in [5.74, 6) is 0.880. The van der Waals surface area contributed by atoms with Crippen molar-refractivity contribution >= 4 is 17.5 Å². The van der Waals surface area contributed by atoms with Crippen LogP contribution in [-0.2, 0) is 13.0 Å². The number of hydrogen-bond acceptors (Lipinski definition) is 5. The molecule has 1 aromatic heterocycles. The monoisotopic (exact) mass is 360 g/mol. The van der Waals surface area contributed by atoms with Crippen LogP contribution < -0.4 is 15.0 Å². The van der Waals surface area contributed by atoms with E-state index < -0.39 is 0 Å². The third-order valence-electron chi connectivity index (χ3n) is 4.64. The first-order valence-electron chi connectivity index (χ1n) is 8.84. The molecule has 0 radical (unpaired) electrons. The van der Waals surface area contributed by atoms with E-state index in [0.717, 1.165) is 19.5 Å². The number of carbonyl (C=O) groups excluding carboxylic acids is 1. The van der Waals surface area contributed by atoms with Crippen LogP contribution in [0.5, 0.6) is 5.75 Å². The second kappa shape index (κ2) is 7.45. The van der Waals surface area contributed by atoms with Crippen molar-refractivity contribution < 1.29 is 9.53 Å². The Hall–Kier alpha value is -3.41. The summed E-state index contributed by atoms with van der Waals surface area (Å²) in [6.45, 7) is 1.57. The van der Waals surface area contributed by atoms with Crippen molar-refractivity contribution in [3.05, 3.63) is 77.6 Å². The lowest BCUT2D eigenvalue weighted by Crippen LogP contribution is -2.32. The van der Waals surface area contributed by atoms with Crippen molar-refractivity contribution in [2.75, 3.05) is 23.9 Å². The van der Waals surface area contributed by atoms with Gasteiger partial charge in [0.2, 0.25) is 5.95 Å². The molecule has 0 saturated carbocycles. The summed E-state index contributed by atoms with van der Waals surface area (Å²) in [5, 5.41) is 2.85. The predicted octanol–water partition coefficient (Wildman–Crippen LogP) is 3.30. The fourth-order valence-corrected chi connectivity index (χ4v) is 3.23. The van der Waals surface area contributed by atoms with Crippen molar-refractivity contribution in [2.45, 2.75) is 13.0 Å². The first kappa shape index (κ1) is 17.0. The minimum Gasteiger partial charge on any atom is -0.495 e. The molecule has 0 aliphatic carbocycles. The quantitative estimate of drug-likeness (QED) is 0.773. The largest absolute Gasteiger partial charge is 0.495 e. The molecule has 6 nitrogen and oxygen atoms in total. The number of methoxy groups -OCH3 is 1. The molecule has 1 aliphatic heterocycles. The van der Waals surface area contributed by atoms with Crippen LogP contribution >= 0.6 is 0 Å². The lowest BCUT2D eigenvalue weighted by atomic mass is 10.0. The van der Waals surface area contributed by atoms with Gasteiger partial charge in [0.1, 0.15) is 11.4 Å². The van der Waals surface area contributed by atoms with Crippen LogP contribution in [0, 0.1) is 0 Å². The first-order valence-corrected chi connectivity index (χ1v) is 8.84. The van der Waals surface area contributed by atoms with Gasteiger partial charge in [-0.25, -0.2) is 9.97 Å². The van der Waals surface area contributed by atoms with Gasteiger partial charge in [-0.05, 0) is 35.7 Å². The van der Waals surface area contributed by atoms with Gasteiger partial charge in [-0.3, -0.25) is 4.79 Å². The fourth-order valence-electron chi connectivity index (χ4n) is 3.23. The van der Waals surface area contributed by atoms with E-state index >= 15 is 0 Å². The van der Waals surface area contributed by atoms with Crippen LogP contribution in [-0.4, -0.2) is 29.5 Å². The zero-order valence-electron chi connectivity index (χ0n) is 15.1. The summed E-state index contributed by atoms with van der Waals surface area (Å²) in [5.41, 5.74) is 3.57. The number of aromatic nitrogens is 2. The van der Waals surface area contributed by atoms with Crippen molar-refractivity contribution in [3.63, 3.8) is 0 Å². The van der Waals surface area contributed by atoms with Crippen molar-refractivity contribution in [3.8, 4) is 5.75 Å². The summed E-state index contributed by atoms with van der Waals surface area (Å²) >= 11 is 0. The van der Waals surface area contributed by atoms with E-state index in [1.807, 2.05) is 18.2 Å². The number of ether oxygens (including phenoxy) is 1. The maximum absolute atomic E-state index is 12.6. The van der Waals surface area contributed by atoms with Crippen molar-refractivity contribution in [2.24, 2.45) is 0 Å². The van der Waals surface area contributed by atoms with Crippen LogP contribution in [0.4, 0.5) is 11.6 Å². The molecule has 2 heterocycles. The van der Waals surface area contributed by atoms with Gasteiger partial charge < -0.3 is 15.0 Å². The Bertz CT molecular complexity index is 974. The number of anilines is 2. The third-order valence-corrected chi connectivity index (χ3v) is 4.64. The molecule has 27 heavy (non-hydrogen) atoms. The molecule has 2 aromatic carbocycles. The SMILES string of the molecule is COc1ccccc1NC(=O)c1ccnc(N2CCc3ccccc3C2)n1. The molecule has 1 aliphatic rings. The number of benzene rings is 2. The lowest BCUT2D eigenvalue weighted by Gasteiger charge is -2.28. The van der Waals surface area contributed by atoms with Crippen molar-refractivity contribution in [1.29, 1.82) is 0 Å². The number of nitrogens with one attached hydrogen (secondary N) is 1. The lowest BCUT2D eigenvalue weighted by molar-refractivity contribution is 0.102. The number of nitrogens with zero attached hydrogens (tertiary/aromatic N) is 3. The first-order chi connectivity index (χ1) is 13.2. The molecule has 0 saturated heterocycles. The van der Waals surface area contributed by atoms with Crippen LogP contribution in [0.2, 0.25) is 0 Å². The second-order valence-corrected chi connectivity index (χ2v) is 6.34. The molecule has 1 amide bonds. The highest BCUT2D eigenvalue weighted by molar-refractivity contribution is 6.03. The average molecular weight is 360 g/mol. The predicted molar refractivity (Wildman–Crippen MR) is 104 cm³/mol. The molecule has 0 spiro atoms. The van der Waals surface area contributed by atoms with E-state index in [-0.39, 0.29) is 5.91 Å². The molecule has 4 rings (SSSR count). The van der Waals surface area contributed by atoms with Crippen LogP contribution in [0.3, 0.4) is 0 Å². The van der Waals surface area contributed by atoms with Gasteiger partial charge in [-0.1, -0.05) is 36.4 Å². The molecule has 0 unspecified atom stereocenters. The minimum absolute atomic E-state index is 0.291. The highest BCUT2D eigenvalue weighted by Crippen LogP contribution is 2.24. The Kier molecular flexibility index (Phi) is 4.70. The number of hydrogen-bond donors (Lipinski definition) is 1. The zero-order chi connectivity index (χ0) is 18.6. The summed E-state index contributed by atoms with van der Waals surface area (Å²) in [7, 11) is 1.57. The molecular weight excluding hydrogens is 340 g/mol. The topological polar surface area (TPSA) is 67.3 Å². The van der Waals surface area contributed by atoms with Crippen molar-refractivity contribution in [1.82, 2.24) is 9.97 Å². The van der Waals surface area contributed by atoms with Crippen LogP contribution in [0.25, 0.3) is 0 Å². The van der Waals surface area contributed by atoms with Gasteiger partial charge in [0.25, 0.3) is 5.91 Å². The van der Waals surface area contributed by atoms with Gasteiger partial charge in [-0.2, -0.15) is 0 Å². The Balaban J connectivity index is 1.53. The number of amides is 1. The molecule has 0 fully saturated rings. The summed E-state index contributed by atoms with van der Waals surface area (Å²) in [4.78, 5) is 23.6. The highest BCUT2D eigenvalue weighted by atomic mass is 16.5. The molecule has 1 N–H and O–H groups in total. The van der Waals surface area contributed by atoms with E-state index in [9.17, 15) is 4.79 Å². The Morgan fingerprint density at radius 1 is 1.07 bits per heavy atom. The van der Waals surface area contributed by atoms with Gasteiger partial charge in [-0.15, -0.1) is 0 Å². The Morgan fingerprint density at radius 2 is 1.85 bits per heavy atom. The molecule has 0 bridgehead atoms. The summed E-state index contributed by atoms with van der Waals surface area (Å²) in [6, 6.07) is 17.3. The normalized spacial score (nSPS) is 13.0. The maximum atomic E-state index is 12.6. The van der Waals surface area contributed by atoms with Crippen LogP contribution in [0.1, 0.15) is 21.6 Å². The number of carbonyl (C=O) groups is 1. The molecular formula is C21H20N4O2. The maximum Gasteiger partial charge on any atom is 0.274 e. The molecule has 6 heteroatoms. The summed E-state index contributed by atoms with van der Waals surface area (Å²) < 4.78 is 5.28. The highest BCUT2D eigenvalue weighted by Gasteiger charge is 2.19. The number of rotatable bonds is 4. The second-order valence-electron chi connectivity index (χ2n) is 6.34. The number of para-hydroxylation sites is 2. The zero-order valence-corrected chi connectivity index (χ0v) is 15.1. The van der Waals surface area contributed by atoms with E-state index in [0.29, 0.717) is 23.1 Å². The molecule has 0 atom stereocenters. The van der Waals surface area contributed by atoms with Gasteiger partial charge >= 0.3 is 0 Å². The Morgan fingerprint density at radius 3 is 2.70 bits per heavy atom. The third kappa shape index (κ3) is 3.60. The van der Waals surface area contributed by atoms with Gasteiger partial charge in [0.15, 0.2) is 0 Å².